The molecule has 1 saturated heterocycles. The summed E-state index contributed by atoms with van der Waals surface area (Å²) in [5.41, 5.74) is 7.93. The summed E-state index contributed by atoms with van der Waals surface area (Å²) in [6.45, 7) is 10.4. The Morgan fingerprint density at radius 2 is 1.75 bits per heavy atom. The Kier molecular flexibility index (Phi) is 4.82. The van der Waals surface area contributed by atoms with E-state index < -0.39 is 0 Å². The molecule has 1 fully saturated rings. The van der Waals surface area contributed by atoms with Crippen molar-refractivity contribution in [2.24, 2.45) is 17.1 Å². The van der Waals surface area contributed by atoms with Gasteiger partial charge in [0.25, 0.3) is 0 Å². The molecule has 1 aromatic carbocycles. The first kappa shape index (κ1) is 15.5. The van der Waals surface area contributed by atoms with Gasteiger partial charge in [0.15, 0.2) is 0 Å². The topological polar surface area (TPSA) is 29.3 Å². The molecular formula is C17H27FN2. The van der Waals surface area contributed by atoms with Crippen molar-refractivity contribution in [3.8, 4) is 0 Å². The second-order valence-corrected chi connectivity index (χ2v) is 7.09. The van der Waals surface area contributed by atoms with E-state index in [4.69, 9.17) is 5.73 Å². The number of piperidine rings is 1. The predicted octanol–water partition coefficient (Wildman–Crippen LogP) is 3.54. The molecule has 1 aromatic rings. The van der Waals surface area contributed by atoms with E-state index in [2.05, 4.69) is 25.7 Å². The lowest BCUT2D eigenvalue weighted by molar-refractivity contribution is 0.108. The van der Waals surface area contributed by atoms with E-state index in [1.807, 2.05) is 6.07 Å². The Morgan fingerprint density at radius 1 is 1.15 bits per heavy atom. The van der Waals surface area contributed by atoms with Crippen molar-refractivity contribution in [3.63, 3.8) is 0 Å². The lowest BCUT2D eigenvalue weighted by Crippen LogP contribution is -2.37. The number of nitrogens with two attached hydrogens (primary N) is 1. The number of rotatable bonds is 3. The van der Waals surface area contributed by atoms with Crippen molar-refractivity contribution in [1.82, 2.24) is 4.90 Å². The second kappa shape index (κ2) is 6.23. The number of halogens is 1. The average Bonchev–Trinajstić information content (AvgIpc) is 2.37. The smallest absolute Gasteiger partial charge is 0.123 e. The van der Waals surface area contributed by atoms with Crippen molar-refractivity contribution >= 4 is 0 Å². The lowest BCUT2D eigenvalue weighted by atomic mass is 9.75. The highest BCUT2D eigenvalue weighted by Crippen LogP contribution is 2.34. The van der Waals surface area contributed by atoms with Gasteiger partial charge in [-0.3, -0.25) is 4.90 Å². The maximum atomic E-state index is 13.5. The summed E-state index contributed by atoms with van der Waals surface area (Å²) in [6.07, 6.45) is 2.48. The molecular weight excluding hydrogens is 251 g/mol. The quantitative estimate of drug-likeness (QED) is 0.916. The van der Waals surface area contributed by atoms with Gasteiger partial charge in [-0.15, -0.1) is 0 Å². The summed E-state index contributed by atoms with van der Waals surface area (Å²) in [5.74, 6) is 0.624. The largest absolute Gasteiger partial charge is 0.326 e. The Hall–Kier alpha value is -0.930. The van der Waals surface area contributed by atoms with Gasteiger partial charge >= 0.3 is 0 Å². The highest BCUT2D eigenvalue weighted by Gasteiger charge is 2.28. The van der Waals surface area contributed by atoms with E-state index in [1.54, 1.807) is 6.07 Å². The zero-order valence-electron chi connectivity index (χ0n) is 13.0. The molecule has 2 rings (SSSR count). The monoisotopic (exact) mass is 278 g/mol. The van der Waals surface area contributed by atoms with Crippen molar-refractivity contribution < 1.29 is 4.39 Å². The Balaban J connectivity index is 1.94. The molecule has 0 bridgehead atoms. The highest BCUT2D eigenvalue weighted by molar-refractivity contribution is 5.24. The fraction of sp³-hybridized carbons (Fsp3) is 0.647. The SMILES string of the molecule is CC(C)(C)C1CCN(Cc2cc(F)cc(CN)c2)CC1. The molecule has 0 spiro atoms. The summed E-state index contributed by atoms with van der Waals surface area (Å²) in [4.78, 5) is 2.43. The summed E-state index contributed by atoms with van der Waals surface area (Å²) in [6, 6.07) is 5.18. The Labute approximate surface area is 122 Å². The fourth-order valence-corrected chi connectivity index (χ4v) is 3.14. The number of nitrogens with zero attached hydrogens (tertiary/aromatic N) is 1. The molecule has 0 radical (unpaired) electrons. The molecule has 0 amide bonds. The van der Waals surface area contributed by atoms with Gasteiger partial charge in [0.1, 0.15) is 5.82 Å². The van der Waals surface area contributed by atoms with E-state index in [1.165, 1.54) is 18.9 Å². The van der Waals surface area contributed by atoms with Crippen molar-refractivity contribution in [2.45, 2.75) is 46.7 Å². The molecule has 1 aliphatic heterocycles. The van der Waals surface area contributed by atoms with Crippen molar-refractivity contribution in [2.75, 3.05) is 13.1 Å². The van der Waals surface area contributed by atoms with E-state index >= 15 is 0 Å². The first-order valence-corrected chi connectivity index (χ1v) is 7.59. The van der Waals surface area contributed by atoms with Gasteiger partial charge in [0, 0.05) is 13.1 Å². The first-order valence-electron chi connectivity index (χ1n) is 7.59. The minimum absolute atomic E-state index is 0.174. The predicted molar refractivity (Wildman–Crippen MR) is 81.7 cm³/mol. The molecule has 1 aliphatic rings. The van der Waals surface area contributed by atoms with E-state index in [0.29, 0.717) is 12.0 Å². The minimum atomic E-state index is -0.174. The van der Waals surface area contributed by atoms with Gasteiger partial charge in [-0.2, -0.15) is 0 Å². The maximum absolute atomic E-state index is 13.5. The number of benzene rings is 1. The molecule has 1 heterocycles. The van der Waals surface area contributed by atoms with Crippen LogP contribution in [-0.4, -0.2) is 18.0 Å². The second-order valence-electron chi connectivity index (χ2n) is 7.09. The van der Waals surface area contributed by atoms with Gasteiger partial charge in [-0.1, -0.05) is 26.8 Å². The molecule has 0 aromatic heterocycles. The molecule has 0 aliphatic carbocycles. The Bertz CT molecular complexity index is 443. The van der Waals surface area contributed by atoms with Crippen LogP contribution in [-0.2, 0) is 13.1 Å². The minimum Gasteiger partial charge on any atom is -0.326 e. The van der Waals surface area contributed by atoms with Crippen LogP contribution in [0.2, 0.25) is 0 Å². The molecule has 20 heavy (non-hydrogen) atoms. The van der Waals surface area contributed by atoms with Crippen LogP contribution in [0.5, 0.6) is 0 Å². The van der Waals surface area contributed by atoms with Crippen LogP contribution in [0.3, 0.4) is 0 Å². The third kappa shape index (κ3) is 4.03. The average molecular weight is 278 g/mol. The van der Waals surface area contributed by atoms with Crippen molar-refractivity contribution in [3.05, 3.63) is 35.1 Å². The third-order valence-corrected chi connectivity index (χ3v) is 4.47. The van der Waals surface area contributed by atoms with E-state index in [9.17, 15) is 4.39 Å². The van der Waals surface area contributed by atoms with Crippen molar-refractivity contribution in [1.29, 1.82) is 0 Å². The summed E-state index contributed by atoms with van der Waals surface area (Å²) in [7, 11) is 0. The van der Waals surface area contributed by atoms with Gasteiger partial charge in [0.05, 0.1) is 0 Å². The lowest BCUT2D eigenvalue weighted by Gasteiger charge is -2.38. The van der Waals surface area contributed by atoms with Crippen LogP contribution in [0, 0.1) is 17.2 Å². The molecule has 2 N–H and O–H groups in total. The molecule has 0 saturated carbocycles. The summed E-state index contributed by atoms with van der Waals surface area (Å²) < 4.78 is 13.5. The molecule has 2 nitrogen and oxygen atoms in total. The molecule has 112 valence electrons. The normalized spacial score (nSPS) is 18.4. The standard InChI is InChI=1S/C17H27FN2/c1-17(2,3)15-4-6-20(7-5-15)12-14-8-13(11-19)9-16(18)10-14/h8-10,15H,4-7,11-12,19H2,1-3H3. The number of hydrogen-bond acceptors (Lipinski definition) is 2. The summed E-state index contributed by atoms with van der Waals surface area (Å²) >= 11 is 0. The van der Waals surface area contributed by atoms with Crippen LogP contribution in [0.4, 0.5) is 4.39 Å². The van der Waals surface area contributed by atoms with Gasteiger partial charge in [-0.25, -0.2) is 4.39 Å². The zero-order valence-corrected chi connectivity index (χ0v) is 13.0. The van der Waals surface area contributed by atoms with Gasteiger partial charge < -0.3 is 5.73 Å². The van der Waals surface area contributed by atoms with Gasteiger partial charge in [0.2, 0.25) is 0 Å². The number of hydrogen-bond donors (Lipinski definition) is 1. The molecule has 3 heteroatoms. The Morgan fingerprint density at radius 3 is 2.30 bits per heavy atom. The fourth-order valence-electron chi connectivity index (χ4n) is 3.14. The van der Waals surface area contributed by atoms with Crippen LogP contribution in [0.15, 0.2) is 18.2 Å². The van der Waals surface area contributed by atoms with Crippen LogP contribution >= 0.6 is 0 Å². The number of likely N-dealkylation sites (tertiary alicyclic amines) is 1. The third-order valence-electron chi connectivity index (χ3n) is 4.47. The van der Waals surface area contributed by atoms with E-state index in [0.717, 1.165) is 36.7 Å². The highest BCUT2D eigenvalue weighted by atomic mass is 19.1. The van der Waals surface area contributed by atoms with Gasteiger partial charge in [-0.05, 0) is 60.5 Å². The van der Waals surface area contributed by atoms with Crippen LogP contribution in [0.1, 0.15) is 44.7 Å². The first-order chi connectivity index (χ1) is 9.38. The molecule has 0 atom stereocenters. The van der Waals surface area contributed by atoms with E-state index in [-0.39, 0.29) is 5.82 Å². The maximum Gasteiger partial charge on any atom is 0.123 e. The molecule has 0 unspecified atom stereocenters. The van der Waals surface area contributed by atoms with Crippen LogP contribution in [0.25, 0.3) is 0 Å². The zero-order chi connectivity index (χ0) is 14.8. The van der Waals surface area contributed by atoms with Crippen LogP contribution < -0.4 is 5.73 Å². The summed E-state index contributed by atoms with van der Waals surface area (Å²) in [5, 5.41) is 0.